The van der Waals surface area contributed by atoms with Gasteiger partial charge >= 0.3 is 0 Å². The van der Waals surface area contributed by atoms with Crippen LogP contribution in [0.2, 0.25) is 0 Å². The van der Waals surface area contributed by atoms with E-state index in [-0.39, 0.29) is 6.04 Å². The molecule has 2 aromatic carbocycles. The summed E-state index contributed by atoms with van der Waals surface area (Å²) in [5, 5.41) is 10.8. The van der Waals surface area contributed by atoms with Crippen LogP contribution in [0, 0.1) is 0 Å². The van der Waals surface area contributed by atoms with Crippen molar-refractivity contribution in [1.29, 1.82) is 0 Å². The Balaban J connectivity index is 2.37. The molecule has 0 bridgehead atoms. The standard InChI is InChI=1S/C18H23NO/c1-14(2)19(3)17(15-10-6-4-7-11-15)18(20)16-12-8-5-9-13-16/h4-14,17-18,20H,1-3H3. The maximum atomic E-state index is 10.8. The fraction of sp³-hybridized carbons (Fsp3) is 0.333. The molecule has 2 unspecified atom stereocenters. The van der Waals surface area contributed by atoms with Crippen molar-refractivity contribution in [3.8, 4) is 0 Å². The number of likely N-dealkylation sites (N-methyl/N-ethyl adjacent to an activating group) is 1. The van der Waals surface area contributed by atoms with Gasteiger partial charge in [-0.15, -0.1) is 0 Å². The van der Waals surface area contributed by atoms with Gasteiger partial charge in [0.15, 0.2) is 0 Å². The zero-order valence-corrected chi connectivity index (χ0v) is 12.4. The van der Waals surface area contributed by atoms with E-state index >= 15 is 0 Å². The van der Waals surface area contributed by atoms with Crippen LogP contribution in [0.3, 0.4) is 0 Å². The third-order valence-corrected chi connectivity index (χ3v) is 3.83. The molecule has 2 nitrogen and oxygen atoms in total. The average molecular weight is 269 g/mol. The lowest BCUT2D eigenvalue weighted by Crippen LogP contribution is -2.34. The summed E-state index contributed by atoms with van der Waals surface area (Å²) in [5.41, 5.74) is 2.09. The Morgan fingerprint density at radius 2 is 1.25 bits per heavy atom. The van der Waals surface area contributed by atoms with Gasteiger partial charge in [-0.3, -0.25) is 4.90 Å². The van der Waals surface area contributed by atoms with Gasteiger partial charge in [0.1, 0.15) is 0 Å². The normalized spacial score (nSPS) is 14.5. The van der Waals surface area contributed by atoms with Crippen molar-refractivity contribution >= 4 is 0 Å². The van der Waals surface area contributed by atoms with E-state index in [1.54, 1.807) is 0 Å². The molecular formula is C18H23NO. The van der Waals surface area contributed by atoms with Crippen LogP contribution >= 0.6 is 0 Å². The van der Waals surface area contributed by atoms with Crippen molar-refractivity contribution in [2.45, 2.75) is 32.0 Å². The van der Waals surface area contributed by atoms with Crippen LogP contribution in [0.4, 0.5) is 0 Å². The minimum Gasteiger partial charge on any atom is -0.386 e. The first-order chi connectivity index (χ1) is 9.61. The topological polar surface area (TPSA) is 23.5 Å². The van der Waals surface area contributed by atoms with E-state index in [9.17, 15) is 5.11 Å². The Morgan fingerprint density at radius 1 is 0.800 bits per heavy atom. The second-order valence-corrected chi connectivity index (χ2v) is 5.47. The van der Waals surface area contributed by atoms with E-state index in [2.05, 4.69) is 37.9 Å². The number of aliphatic hydroxyl groups is 1. The second kappa shape index (κ2) is 6.69. The molecule has 0 amide bonds. The van der Waals surface area contributed by atoms with Gasteiger partial charge in [-0.25, -0.2) is 0 Å². The van der Waals surface area contributed by atoms with Gasteiger partial charge in [0.05, 0.1) is 12.1 Å². The van der Waals surface area contributed by atoms with Crippen molar-refractivity contribution in [1.82, 2.24) is 4.90 Å². The lowest BCUT2D eigenvalue weighted by Gasteiger charge is -2.35. The van der Waals surface area contributed by atoms with E-state index in [1.807, 2.05) is 48.5 Å². The van der Waals surface area contributed by atoms with Crippen molar-refractivity contribution in [2.24, 2.45) is 0 Å². The van der Waals surface area contributed by atoms with Gasteiger partial charge < -0.3 is 5.11 Å². The van der Waals surface area contributed by atoms with Gasteiger partial charge in [0.25, 0.3) is 0 Å². The van der Waals surface area contributed by atoms with Gasteiger partial charge in [-0.05, 0) is 32.0 Å². The van der Waals surface area contributed by atoms with E-state index in [0.717, 1.165) is 11.1 Å². The molecule has 0 aromatic heterocycles. The zero-order chi connectivity index (χ0) is 14.5. The molecule has 0 saturated carbocycles. The molecule has 0 aliphatic heterocycles. The molecule has 2 aromatic rings. The van der Waals surface area contributed by atoms with Gasteiger partial charge in [0.2, 0.25) is 0 Å². The highest BCUT2D eigenvalue weighted by Gasteiger charge is 2.27. The average Bonchev–Trinajstić information content (AvgIpc) is 2.49. The molecule has 0 radical (unpaired) electrons. The van der Waals surface area contributed by atoms with E-state index in [1.165, 1.54) is 0 Å². The van der Waals surface area contributed by atoms with Crippen LogP contribution in [0.5, 0.6) is 0 Å². The molecule has 0 aliphatic rings. The molecule has 20 heavy (non-hydrogen) atoms. The second-order valence-electron chi connectivity index (χ2n) is 5.47. The van der Waals surface area contributed by atoms with Crippen LogP contribution in [0.1, 0.15) is 37.1 Å². The molecule has 2 atom stereocenters. The van der Waals surface area contributed by atoms with E-state index < -0.39 is 6.10 Å². The fourth-order valence-corrected chi connectivity index (χ4v) is 2.44. The number of aliphatic hydroxyl groups excluding tert-OH is 1. The highest BCUT2D eigenvalue weighted by Crippen LogP contribution is 2.34. The SMILES string of the molecule is CC(C)N(C)C(c1ccccc1)C(O)c1ccccc1. The number of hydrogen-bond donors (Lipinski definition) is 1. The van der Waals surface area contributed by atoms with E-state index in [0.29, 0.717) is 6.04 Å². The highest BCUT2D eigenvalue weighted by atomic mass is 16.3. The zero-order valence-electron chi connectivity index (χ0n) is 12.4. The molecular weight excluding hydrogens is 246 g/mol. The predicted octanol–water partition coefficient (Wildman–Crippen LogP) is 3.80. The Hall–Kier alpha value is -1.64. The Bertz CT molecular complexity index is 509. The van der Waals surface area contributed by atoms with Crippen molar-refractivity contribution < 1.29 is 5.11 Å². The summed E-state index contributed by atoms with van der Waals surface area (Å²) in [6, 6.07) is 20.4. The summed E-state index contributed by atoms with van der Waals surface area (Å²) >= 11 is 0. The molecule has 2 rings (SSSR count). The number of benzene rings is 2. The monoisotopic (exact) mass is 269 g/mol. The van der Waals surface area contributed by atoms with Crippen LogP contribution in [0.15, 0.2) is 60.7 Å². The lowest BCUT2D eigenvalue weighted by atomic mass is 9.94. The van der Waals surface area contributed by atoms with Crippen molar-refractivity contribution in [2.75, 3.05) is 7.05 Å². The van der Waals surface area contributed by atoms with Crippen LogP contribution in [-0.2, 0) is 0 Å². The minimum atomic E-state index is -0.536. The molecule has 0 spiro atoms. The summed E-state index contributed by atoms with van der Waals surface area (Å²) in [7, 11) is 2.06. The smallest absolute Gasteiger partial charge is 0.0986 e. The van der Waals surface area contributed by atoms with Crippen LogP contribution in [-0.4, -0.2) is 23.1 Å². The third kappa shape index (κ3) is 3.27. The van der Waals surface area contributed by atoms with Crippen LogP contribution < -0.4 is 0 Å². The minimum absolute atomic E-state index is 0.0430. The first-order valence-corrected chi connectivity index (χ1v) is 7.11. The summed E-state index contributed by atoms with van der Waals surface area (Å²) in [6.07, 6.45) is -0.536. The first-order valence-electron chi connectivity index (χ1n) is 7.11. The maximum Gasteiger partial charge on any atom is 0.0986 e. The van der Waals surface area contributed by atoms with Gasteiger partial charge in [-0.2, -0.15) is 0 Å². The maximum absolute atomic E-state index is 10.8. The molecule has 0 heterocycles. The number of rotatable bonds is 5. The molecule has 0 saturated heterocycles. The molecule has 106 valence electrons. The lowest BCUT2D eigenvalue weighted by molar-refractivity contribution is 0.0461. The summed E-state index contributed by atoms with van der Waals surface area (Å²) < 4.78 is 0. The predicted molar refractivity (Wildman–Crippen MR) is 83.5 cm³/mol. The Kier molecular flexibility index (Phi) is 4.94. The Morgan fingerprint density at radius 3 is 1.70 bits per heavy atom. The fourth-order valence-electron chi connectivity index (χ4n) is 2.44. The molecule has 1 N–H and O–H groups in total. The largest absolute Gasteiger partial charge is 0.386 e. The van der Waals surface area contributed by atoms with Crippen molar-refractivity contribution in [3.05, 3.63) is 71.8 Å². The quantitative estimate of drug-likeness (QED) is 0.892. The van der Waals surface area contributed by atoms with Crippen LogP contribution in [0.25, 0.3) is 0 Å². The van der Waals surface area contributed by atoms with Gasteiger partial charge in [-0.1, -0.05) is 60.7 Å². The van der Waals surface area contributed by atoms with Crippen molar-refractivity contribution in [3.63, 3.8) is 0 Å². The Labute approximate surface area is 121 Å². The third-order valence-electron chi connectivity index (χ3n) is 3.83. The summed E-state index contributed by atoms with van der Waals surface area (Å²) in [4.78, 5) is 2.22. The number of nitrogens with zero attached hydrogens (tertiary/aromatic N) is 1. The summed E-state index contributed by atoms with van der Waals surface area (Å²) in [5.74, 6) is 0. The summed E-state index contributed by atoms with van der Waals surface area (Å²) in [6.45, 7) is 4.29. The molecule has 0 aliphatic carbocycles. The molecule has 0 fully saturated rings. The number of hydrogen-bond acceptors (Lipinski definition) is 2. The van der Waals surface area contributed by atoms with Gasteiger partial charge in [0, 0.05) is 6.04 Å². The molecule has 2 heteroatoms. The first kappa shape index (κ1) is 14.8. The highest BCUT2D eigenvalue weighted by molar-refractivity contribution is 5.26. The van der Waals surface area contributed by atoms with E-state index in [4.69, 9.17) is 0 Å².